The van der Waals surface area contributed by atoms with Crippen molar-refractivity contribution in [3.63, 3.8) is 0 Å². The molecule has 0 unspecified atom stereocenters. The predicted molar refractivity (Wildman–Crippen MR) is 81.0 cm³/mol. The van der Waals surface area contributed by atoms with Crippen LogP contribution in [-0.2, 0) is 11.8 Å². The fraction of sp³-hybridized carbons (Fsp3) is 0.267. The third kappa shape index (κ3) is 2.39. The Bertz CT molecular complexity index is 645. The summed E-state index contributed by atoms with van der Waals surface area (Å²) in [6.45, 7) is 3.94. The number of nitrogen functional groups attached to an aromatic ring is 1. The number of hydrogen-bond acceptors (Lipinski definition) is 3. The highest BCUT2D eigenvalue weighted by Gasteiger charge is 2.23. The van der Waals surface area contributed by atoms with Crippen LogP contribution in [0.5, 0.6) is 0 Å². The molecule has 0 aliphatic heterocycles. The van der Waals surface area contributed by atoms with Gasteiger partial charge < -0.3 is 15.0 Å². The van der Waals surface area contributed by atoms with Crippen LogP contribution in [0.4, 0.5) is 5.69 Å². The van der Waals surface area contributed by atoms with Crippen LogP contribution in [0.2, 0.25) is 5.02 Å². The molecule has 1 aromatic heterocycles. The number of benzene rings is 1. The lowest BCUT2D eigenvalue weighted by atomic mass is 10.1. The summed E-state index contributed by atoms with van der Waals surface area (Å²) in [5, 5.41) is 0.656. The van der Waals surface area contributed by atoms with Crippen molar-refractivity contribution in [1.82, 2.24) is 4.57 Å². The third-order valence-electron chi connectivity index (χ3n) is 3.32. The smallest absolute Gasteiger partial charge is 0.342 e. The van der Waals surface area contributed by atoms with Crippen molar-refractivity contribution >= 4 is 23.3 Å². The van der Waals surface area contributed by atoms with Crippen molar-refractivity contribution < 1.29 is 9.53 Å². The van der Waals surface area contributed by atoms with E-state index in [0.29, 0.717) is 22.9 Å². The average molecular weight is 293 g/mol. The molecule has 0 aliphatic carbocycles. The summed E-state index contributed by atoms with van der Waals surface area (Å²) in [5.74, 6) is -0.390. The summed E-state index contributed by atoms with van der Waals surface area (Å²) in [7, 11) is 1.87. The Kier molecular flexibility index (Phi) is 4.04. The largest absolute Gasteiger partial charge is 0.462 e. The molecule has 0 spiro atoms. The lowest BCUT2D eigenvalue weighted by molar-refractivity contribution is 0.0526. The van der Waals surface area contributed by atoms with Crippen molar-refractivity contribution in [3.8, 4) is 11.3 Å². The molecule has 0 fully saturated rings. The van der Waals surface area contributed by atoms with E-state index in [9.17, 15) is 4.79 Å². The van der Waals surface area contributed by atoms with E-state index in [1.165, 1.54) is 0 Å². The second-order valence-corrected chi connectivity index (χ2v) is 4.95. The molecule has 20 heavy (non-hydrogen) atoms. The van der Waals surface area contributed by atoms with Gasteiger partial charge in [-0.15, -0.1) is 0 Å². The highest BCUT2D eigenvalue weighted by molar-refractivity contribution is 6.30. The number of carbonyl (C=O) groups is 1. The maximum Gasteiger partial charge on any atom is 0.342 e. The van der Waals surface area contributed by atoms with Gasteiger partial charge in [0.25, 0.3) is 0 Å². The Morgan fingerprint density at radius 2 is 1.95 bits per heavy atom. The summed E-state index contributed by atoms with van der Waals surface area (Å²) in [4.78, 5) is 12.0. The van der Waals surface area contributed by atoms with Crippen LogP contribution in [-0.4, -0.2) is 17.1 Å². The molecule has 0 saturated heterocycles. The van der Waals surface area contributed by atoms with Crippen LogP contribution in [0.1, 0.15) is 23.0 Å². The zero-order valence-electron chi connectivity index (χ0n) is 11.7. The minimum atomic E-state index is -0.390. The number of ether oxygens (including phenoxy) is 1. The number of anilines is 1. The molecule has 0 amide bonds. The molecule has 0 atom stereocenters. The van der Waals surface area contributed by atoms with Crippen molar-refractivity contribution in [2.45, 2.75) is 13.8 Å². The Balaban J connectivity index is 2.58. The molecule has 4 nitrogen and oxygen atoms in total. The number of carbonyl (C=O) groups excluding carboxylic acids is 1. The number of rotatable bonds is 3. The van der Waals surface area contributed by atoms with Crippen LogP contribution in [0.3, 0.4) is 0 Å². The predicted octanol–water partition coefficient (Wildman–Crippen LogP) is 3.41. The van der Waals surface area contributed by atoms with E-state index >= 15 is 0 Å². The lowest BCUT2D eigenvalue weighted by Crippen LogP contribution is -2.08. The van der Waals surface area contributed by atoms with Crippen LogP contribution >= 0.6 is 11.6 Å². The maximum atomic E-state index is 12.0. The number of aromatic nitrogens is 1. The van der Waals surface area contributed by atoms with Gasteiger partial charge in [-0.2, -0.15) is 0 Å². The zero-order valence-corrected chi connectivity index (χ0v) is 12.5. The number of halogens is 1. The van der Waals surface area contributed by atoms with Crippen molar-refractivity contribution in [1.29, 1.82) is 0 Å². The molecule has 1 aromatic carbocycles. The summed E-state index contributed by atoms with van der Waals surface area (Å²) < 4.78 is 6.95. The van der Waals surface area contributed by atoms with Crippen molar-refractivity contribution in [2.75, 3.05) is 12.3 Å². The highest BCUT2D eigenvalue weighted by atomic mass is 35.5. The van der Waals surface area contributed by atoms with E-state index < -0.39 is 5.97 Å². The normalized spacial score (nSPS) is 10.6. The first-order chi connectivity index (χ1) is 9.47. The van der Waals surface area contributed by atoms with E-state index in [1.807, 2.05) is 30.7 Å². The van der Waals surface area contributed by atoms with Gasteiger partial charge in [0, 0.05) is 23.3 Å². The van der Waals surface area contributed by atoms with Gasteiger partial charge in [-0.25, -0.2) is 4.79 Å². The maximum absolute atomic E-state index is 12.0. The van der Waals surface area contributed by atoms with Gasteiger partial charge in [0.1, 0.15) is 5.56 Å². The topological polar surface area (TPSA) is 57.2 Å². The molecule has 2 rings (SSSR count). The molecule has 0 aliphatic rings. The Morgan fingerprint density at radius 3 is 2.50 bits per heavy atom. The molecule has 2 aromatic rings. The third-order valence-corrected chi connectivity index (χ3v) is 3.57. The van der Waals surface area contributed by atoms with Gasteiger partial charge in [-0.1, -0.05) is 23.7 Å². The van der Waals surface area contributed by atoms with E-state index in [4.69, 9.17) is 22.1 Å². The average Bonchev–Trinajstić information content (AvgIpc) is 2.62. The first-order valence-corrected chi connectivity index (χ1v) is 6.73. The Labute approximate surface area is 123 Å². The van der Waals surface area contributed by atoms with Gasteiger partial charge in [0.15, 0.2) is 0 Å². The molecule has 0 saturated carbocycles. The van der Waals surface area contributed by atoms with E-state index in [0.717, 1.165) is 17.0 Å². The molecule has 0 bridgehead atoms. The lowest BCUT2D eigenvalue weighted by Gasteiger charge is -2.06. The molecule has 2 N–H and O–H groups in total. The summed E-state index contributed by atoms with van der Waals surface area (Å²) >= 11 is 5.89. The first kappa shape index (κ1) is 14.5. The second-order valence-electron chi connectivity index (χ2n) is 4.51. The molecular weight excluding hydrogens is 276 g/mol. The van der Waals surface area contributed by atoms with Crippen LogP contribution in [0.15, 0.2) is 24.3 Å². The van der Waals surface area contributed by atoms with Crippen LogP contribution in [0, 0.1) is 6.92 Å². The first-order valence-electron chi connectivity index (χ1n) is 6.35. The summed E-state index contributed by atoms with van der Waals surface area (Å²) in [6.07, 6.45) is 0. The monoisotopic (exact) mass is 292 g/mol. The van der Waals surface area contributed by atoms with E-state index in [2.05, 4.69) is 0 Å². The molecule has 0 radical (unpaired) electrons. The second kappa shape index (κ2) is 5.59. The number of hydrogen-bond donors (Lipinski definition) is 1. The van der Waals surface area contributed by atoms with Crippen molar-refractivity contribution in [3.05, 3.63) is 40.5 Å². The fourth-order valence-electron chi connectivity index (χ4n) is 2.25. The Morgan fingerprint density at radius 1 is 1.35 bits per heavy atom. The summed E-state index contributed by atoms with van der Waals surface area (Å²) in [6, 6.07) is 7.34. The number of nitrogens with two attached hydrogens (primary N) is 1. The zero-order chi connectivity index (χ0) is 14.9. The summed E-state index contributed by atoms with van der Waals surface area (Å²) in [5.41, 5.74) is 9.50. The molecule has 5 heteroatoms. The van der Waals surface area contributed by atoms with Gasteiger partial charge in [0.05, 0.1) is 18.0 Å². The SMILES string of the molecule is CCOC(=O)c1c(N)c(-c2ccc(Cl)cc2)n(C)c1C. The number of nitrogens with zero attached hydrogens (tertiary/aromatic N) is 1. The minimum Gasteiger partial charge on any atom is -0.462 e. The van der Waals surface area contributed by atoms with E-state index in [1.54, 1.807) is 19.1 Å². The van der Waals surface area contributed by atoms with E-state index in [-0.39, 0.29) is 0 Å². The van der Waals surface area contributed by atoms with Crippen LogP contribution in [0.25, 0.3) is 11.3 Å². The molecular formula is C15H17ClN2O2. The Hall–Kier alpha value is -1.94. The fourth-order valence-corrected chi connectivity index (χ4v) is 2.37. The van der Waals surface area contributed by atoms with Crippen molar-refractivity contribution in [2.24, 2.45) is 7.05 Å². The van der Waals surface area contributed by atoms with Gasteiger partial charge >= 0.3 is 5.97 Å². The van der Waals surface area contributed by atoms with Gasteiger partial charge in [-0.3, -0.25) is 0 Å². The minimum absolute atomic E-state index is 0.322. The standard InChI is InChI=1S/C15H17ClN2O2/c1-4-20-15(19)12-9(2)18(3)14(13(12)17)10-5-7-11(16)8-6-10/h5-8H,4,17H2,1-3H3. The van der Waals surface area contributed by atoms with Gasteiger partial charge in [0.2, 0.25) is 0 Å². The number of esters is 1. The van der Waals surface area contributed by atoms with Crippen LogP contribution < -0.4 is 5.73 Å². The van der Waals surface area contributed by atoms with Gasteiger partial charge in [-0.05, 0) is 26.0 Å². The molecule has 1 heterocycles. The highest BCUT2D eigenvalue weighted by Crippen LogP contribution is 2.34. The molecule has 106 valence electrons. The quantitative estimate of drug-likeness (QED) is 0.882.